The maximum absolute atomic E-state index is 12.9. The van der Waals surface area contributed by atoms with Crippen molar-refractivity contribution in [1.82, 2.24) is 24.3 Å². The van der Waals surface area contributed by atoms with Gasteiger partial charge in [0.05, 0.1) is 5.56 Å². The van der Waals surface area contributed by atoms with Crippen LogP contribution < -0.4 is 21.3 Å². The zero-order valence-corrected chi connectivity index (χ0v) is 20.4. The third kappa shape index (κ3) is 3.84. The number of carbonyl (C=O) groups excluding carboxylic acids is 3. The molecule has 11 nitrogen and oxygen atoms in total. The predicted molar refractivity (Wildman–Crippen MR) is 125 cm³/mol. The second-order valence-corrected chi connectivity index (χ2v) is 10.5. The molecule has 1 aromatic heterocycles. The van der Waals surface area contributed by atoms with Gasteiger partial charge in [0.2, 0.25) is 11.8 Å². The SMILES string of the molecule is Cn1c2c(c(=O)n(C)c1=O)CC1(CCCN(C(=O)CCCN3C(=O)NC4(CCCC4)C3=O)CC1)O2. The highest BCUT2D eigenvalue weighted by atomic mass is 16.5. The lowest BCUT2D eigenvalue weighted by Crippen LogP contribution is -2.44. The number of rotatable bonds is 4. The van der Waals surface area contributed by atoms with Crippen LogP contribution in [0.4, 0.5) is 4.79 Å². The van der Waals surface area contributed by atoms with Gasteiger partial charge >= 0.3 is 11.7 Å². The van der Waals surface area contributed by atoms with Crippen LogP contribution in [0, 0.1) is 0 Å². The van der Waals surface area contributed by atoms with Crippen molar-refractivity contribution in [3.05, 3.63) is 26.4 Å². The Balaban J connectivity index is 1.17. The van der Waals surface area contributed by atoms with E-state index in [-0.39, 0.29) is 36.4 Å². The predicted octanol–water partition coefficient (Wildman–Crippen LogP) is 0.415. The number of urea groups is 1. The van der Waals surface area contributed by atoms with E-state index in [9.17, 15) is 24.0 Å². The second kappa shape index (κ2) is 8.53. The molecule has 1 N–H and O–H groups in total. The Hall–Kier alpha value is -3.11. The van der Waals surface area contributed by atoms with Crippen LogP contribution in [0.2, 0.25) is 0 Å². The standard InChI is InChI=1S/C24H33N5O6/c1-26-18(31)16-15-23(35-19(16)27(2)22(26)34)8-6-12-28(14-11-23)17(30)7-5-13-29-20(32)24(25-21(29)33)9-3-4-10-24/h3-15H2,1-2H3,(H,25,33). The number of likely N-dealkylation sites (tertiary alicyclic amines) is 1. The van der Waals surface area contributed by atoms with E-state index in [1.807, 2.05) is 4.90 Å². The summed E-state index contributed by atoms with van der Waals surface area (Å²) in [5.41, 5.74) is -1.53. The number of ether oxygens (including phenoxy) is 1. The fourth-order valence-corrected chi connectivity index (χ4v) is 6.18. The number of hydrogen-bond donors (Lipinski definition) is 1. The van der Waals surface area contributed by atoms with Crippen molar-refractivity contribution in [2.45, 2.75) is 75.3 Å². The highest BCUT2D eigenvalue weighted by molar-refractivity contribution is 6.07. The Morgan fingerprint density at radius 2 is 1.71 bits per heavy atom. The van der Waals surface area contributed by atoms with Gasteiger partial charge in [0.1, 0.15) is 11.1 Å². The number of fused-ring (bicyclic) bond motifs is 1. The molecule has 0 radical (unpaired) electrons. The van der Waals surface area contributed by atoms with Gasteiger partial charge in [-0.05, 0) is 32.1 Å². The number of carbonyl (C=O) groups is 3. The molecule has 0 bridgehead atoms. The molecule has 5 rings (SSSR count). The summed E-state index contributed by atoms with van der Waals surface area (Å²) in [5.74, 6) is 0.178. The number of hydrogen-bond acceptors (Lipinski definition) is 6. The van der Waals surface area contributed by atoms with Crippen molar-refractivity contribution in [2.75, 3.05) is 19.6 Å². The molecular formula is C24H33N5O6. The molecule has 190 valence electrons. The normalized spacial score (nSPS) is 25.2. The van der Waals surface area contributed by atoms with Crippen molar-refractivity contribution < 1.29 is 19.1 Å². The Morgan fingerprint density at radius 1 is 0.971 bits per heavy atom. The van der Waals surface area contributed by atoms with Crippen LogP contribution in [0.5, 0.6) is 5.88 Å². The van der Waals surface area contributed by atoms with E-state index >= 15 is 0 Å². The maximum Gasteiger partial charge on any atom is 0.333 e. The van der Waals surface area contributed by atoms with Crippen LogP contribution >= 0.6 is 0 Å². The number of amides is 4. The molecule has 1 unspecified atom stereocenters. The molecule has 2 spiro atoms. The summed E-state index contributed by atoms with van der Waals surface area (Å²) in [4.78, 5) is 66.0. The minimum atomic E-state index is -0.719. The lowest BCUT2D eigenvalue weighted by Gasteiger charge is -2.27. The van der Waals surface area contributed by atoms with Gasteiger partial charge in [-0.15, -0.1) is 0 Å². The highest BCUT2D eigenvalue weighted by Crippen LogP contribution is 2.39. The molecule has 35 heavy (non-hydrogen) atoms. The van der Waals surface area contributed by atoms with Gasteiger partial charge in [0.25, 0.3) is 11.5 Å². The molecule has 1 aromatic rings. The van der Waals surface area contributed by atoms with E-state index in [4.69, 9.17) is 4.74 Å². The minimum Gasteiger partial charge on any atom is -0.471 e. The minimum absolute atomic E-state index is 0.0106. The first-order chi connectivity index (χ1) is 16.7. The summed E-state index contributed by atoms with van der Waals surface area (Å²) in [5, 5.41) is 2.87. The van der Waals surface area contributed by atoms with Crippen molar-refractivity contribution in [2.24, 2.45) is 14.1 Å². The smallest absolute Gasteiger partial charge is 0.333 e. The molecule has 1 aliphatic carbocycles. The Labute approximate surface area is 203 Å². The van der Waals surface area contributed by atoms with Crippen LogP contribution in [0.3, 0.4) is 0 Å². The van der Waals surface area contributed by atoms with Gasteiger partial charge < -0.3 is 15.0 Å². The van der Waals surface area contributed by atoms with Gasteiger partial charge in [0.15, 0.2) is 0 Å². The van der Waals surface area contributed by atoms with E-state index < -0.39 is 16.8 Å². The van der Waals surface area contributed by atoms with Crippen LogP contribution in [-0.4, -0.2) is 67.6 Å². The Bertz CT molecular complexity index is 1200. The van der Waals surface area contributed by atoms with Crippen molar-refractivity contribution >= 4 is 17.8 Å². The van der Waals surface area contributed by atoms with Crippen LogP contribution in [0.1, 0.15) is 63.4 Å². The van der Waals surface area contributed by atoms with Gasteiger partial charge in [0, 0.05) is 53.0 Å². The topological polar surface area (TPSA) is 123 Å². The zero-order valence-electron chi connectivity index (χ0n) is 20.4. The zero-order chi connectivity index (χ0) is 25.0. The van der Waals surface area contributed by atoms with E-state index in [2.05, 4.69) is 5.32 Å². The monoisotopic (exact) mass is 487 g/mol. The quantitative estimate of drug-likeness (QED) is 0.614. The number of nitrogens with one attached hydrogen (secondary N) is 1. The summed E-state index contributed by atoms with van der Waals surface area (Å²) in [6.07, 6.45) is 6.35. The third-order valence-electron chi connectivity index (χ3n) is 8.24. The third-order valence-corrected chi connectivity index (χ3v) is 8.24. The molecule has 1 saturated carbocycles. The fourth-order valence-electron chi connectivity index (χ4n) is 6.18. The van der Waals surface area contributed by atoms with Crippen LogP contribution in [0.25, 0.3) is 0 Å². The molecule has 3 aliphatic heterocycles. The summed E-state index contributed by atoms with van der Waals surface area (Å²) < 4.78 is 8.72. The van der Waals surface area contributed by atoms with Crippen LogP contribution in [-0.2, 0) is 30.1 Å². The molecule has 4 amide bonds. The molecular weight excluding hydrogens is 454 g/mol. The largest absolute Gasteiger partial charge is 0.471 e. The first-order valence-corrected chi connectivity index (χ1v) is 12.6. The number of imide groups is 1. The molecule has 0 aromatic carbocycles. The Morgan fingerprint density at radius 3 is 2.46 bits per heavy atom. The summed E-state index contributed by atoms with van der Waals surface area (Å²) in [7, 11) is 3.07. The summed E-state index contributed by atoms with van der Waals surface area (Å²) >= 11 is 0. The summed E-state index contributed by atoms with van der Waals surface area (Å²) in [6.45, 7) is 1.32. The lowest BCUT2D eigenvalue weighted by atomic mass is 9.90. The number of aromatic nitrogens is 2. The molecule has 1 atom stereocenters. The van der Waals surface area contributed by atoms with E-state index in [1.54, 1.807) is 7.05 Å². The average Bonchev–Trinajstić information content (AvgIpc) is 3.47. The maximum atomic E-state index is 12.9. The molecule has 2 saturated heterocycles. The van der Waals surface area contributed by atoms with Crippen molar-refractivity contribution in [3.8, 4) is 5.88 Å². The average molecular weight is 488 g/mol. The highest BCUT2D eigenvalue weighted by Gasteiger charge is 2.52. The second-order valence-electron chi connectivity index (χ2n) is 10.5. The van der Waals surface area contributed by atoms with E-state index in [1.165, 1.54) is 16.5 Å². The van der Waals surface area contributed by atoms with Crippen molar-refractivity contribution in [3.63, 3.8) is 0 Å². The van der Waals surface area contributed by atoms with E-state index in [0.29, 0.717) is 63.1 Å². The van der Waals surface area contributed by atoms with Gasteiger partial charge in [-0.1, -0.05) is 12.8 Å². The van der Waals surface area contributed by atoms with E-state index in [0.717, 1.165) is 23.8 Å². The molecule has 11 heteroatoms. The molecule has 4 aliphatic rings. The Kier molecular flexibility index (Phi) is 5.76. The van der Waals surface area contributed by atoms with Gasteiger partial charge in [-0.2, -0.15) is 0 Å². The van der Waals surface area contributed by atoms with Gasteiger partial charge in [-0.25, -0.2) is 9.59 Å². The fraction of sp³-hybridized carbons (Fsp3) is 0.708. The first kappa shape index (κ1) is 23.6. The number of nitrogens with zero attached hydrogens (tertiary/aromatic N) is 4. The van der Waals surface area contributed by atoms with Crippen LogP contribution in [0.15, 0.2) is 9.59 Å². The lowest BCUT2D eigenvalue weighted by molar-refractivity contribution is -0.133. The van der Waals surface area contributed by atoms with Crippen molar-refractivity contribution in [1.29, 1.82) is 0 Å². The molecule has 4 heterocycles. The van der Waals surface area contributed by atoms with Gasteiger partial charge in [-0.3, -0.25) is 28.4 Å². The summed E-state index contributed by atoms with van der Waals surface area (Å²) in [6, 6.07) is -0.348. The first-order valence-electron chi connectivity index (χ1n) is 12.6. The molecule has 3 fully saturated rings.